The monoisotopic (exact) mass is 468 g/mol. The molecule has 33 heavy (non-hydrogen) atoms. The normalized spacial score (nSPS) is 10.8. The van der Waals surface area contributed by atoms with Crippen LogP contribution in [0.5, 0.6) is 0 Å². The third kappa shape index (κ3) is 7.80. The molecule has 0 saturated carbocycles. The molecule has 0 aliphatic heterocycles. The molecule has 174 valence electrons. The molecule has 1 aromatic heterocycles. The molecular formula is C26H29FN2O3S. The van der Waals surface area contributed by atoms with Gasteiger partial charge in [-0.15, -0.1) is 11.3 Å². The molecule has 0 spiro atoms. The average Bonchev–Trinajstić information content (AvgIpc) is 3.22. The molecule has 0 unspecified atom stereocenters. The van der Waals surface area contributed by atoms with E-state index < -0.39 is 0 Å². The van der Waals surface area contributed by atoms with E-state index in [0.29, 0.717) is 26.2 Å². The van der Waals surface area contributed by atoms with Crippen molar-refractivity contribution >= 4 is 23.2 Å². The van der Waals surface area contributed by atoms with Gasteiger partial charge in [0, 0.05) is 30.0 Å². The second-order valence-corrected chi connectivity index (χ2v) is 9.23. The van der Waals surface area contributed by atoms with E-state index in [2.05, 4.69) is 0 Å². The third-order valence-corrected chi connectivity index (χ3v) is 6.21. The van der Waals surface area contributed by atoms with Crippen molar-refractivity contribution in [1.29, 1.82) is 0 Å². The van der Waals surface area contributed by atoms with Gasteiger partial charge in [-0.05, 0) is 42.3 Å². The van der Waals surface area contributed by atoms with Crippen molar-refractivity contribution < 1.29 is 18.7 Å². The zero-order chi connectivity index (χ0) is 23.6. The Morgan fingerprint density at radius 2 is 1.61 bits per heavy atom. The maximum Gasteiger partial charge on any atom is 0.242 e. The number of hydrogen-bond acceptors (Lipinski definition) is 4. The standard InChI is InChI=1S/C26H29FN2O3S/c1-20-8-13-24(33-20)18-29(17-22-9-11-23(27)12-10-22)26(31)19-28(14-15-32-2)25(30)16-21-6-4-3-5-7-21/h3-13H,14-19H2,1-2H3. The number of hydrogen-bond donors (Lipinski definition) is 0. The minimum Gasteiger partial charge on any atom is -0.383 e. The van der Waals surface area contributed by atoms with Crippen LogP contribution in [0.4, 0.5) is 4.39 Å². The molecule has 7 heteroatoms. The number of nitrogens with zero attached hydrogens (tertiary/aromatic N) is 2. The van der Waals surface area contributed by atoms with Crippen molar-refractivity contribution in [2.75, 3.05) is 26.8 Å². The quantitative estimate of drug-likeness (QED) is 0.418. The number of methoxy groups -OCH3 is 1. The van der Waals surface area contributed by atoms with Crippen molar-refractivity contribution in [2.24, 2.45) is 0 Å². The topological polar surface area (TPSA) is 49.9 Å². The molecule has 3 rings (SSSR count). The zero-order valence-corrected chi connectivity index (χ0v) is 19.8. The summed E-state index contributed by atoms with van der Waals surface area (Å²) in [7, 11) is 1.57. The fourth-order valence-electron chi connectivity index (χ4n) is 3.44. The van der Waals surface area contributed by atoms with E-state index >= 15 is 0 Å². The largest absolute Gasteiger partial charge is 0.383 e. The molecule has 0 radical (unpaired) electrons. The lowest BCUT2D eigenvalue weighted by molar-refractivity contribution is -0.141. The van der Waals surface area contributed by atoms with Gasteiger partial charge < -0.3 is 14.5 Å². The maximum absolute atomic E-state index is 13.4. The molecular weight excluding hydrogens is 439 g/mol. The summed E-state index contributed by atoms with van der Waals surface area (Å²) >= 11 is 1.63. The lowest BCUT2D eigenvalue weighted by Gasteiger charge is -2.27. The Kier molecular flexibility index (Phi) is 9.15. The van der Waals surface area contributed by atoms with E-state index in [0.717, 1.165) is 16.0 Å². The van der Waals surface area contributed by atoms with Crippen LogP contribution in [0.25, 0.3) is 0 Å². The predicted molar refractivity (Wildman–Crippen MR) is 128 cm³/mol. The van der Waals surface area contributed by atoms with E-state index in [1.54, 1.807) is 40.4 Å². The highest BCUT2D eigenvalue weighted by molar-refractivity contribution is 7.11. The molecule has 0 atom stereocenters. The Bertz CT molecular complexity index is 1040. The van der Waals surface area contributed by atoms with Gasteiger partial charge in [-0.25, -0.2) is 4.39 Å². The van der Waals surface area contributed by atoms with Crippen LogP contribution in [0.3, 0.4) is 0 Å². The molecule has 0 aliphatic carbocycles. The molecule has 0 fully saturated rings. The van der Waals surface area contributed by atoms with Crippen molar-refractivity contribution in [3.63, 3.8) is 0 Å². The first-order valence-electron chi connectivity index (χ1n) is 10.8. The van der Waals surface area contributed by atoms with Crippen LogP contribution in [0.2, 0.25) is 0 Å². The second-order valence-electron chi connectivity index (χ2n) is 7.86. The Morgan fingerprint density at radius 1 is 0.879 bits per heavy atom. The van der Waals surface area contributed by atoms with Gasteiger partial charge in [-0.1, -0.05) is 42.5 Å². The van der Waals surface area contributed by atoms with Gasteiger partial charge in [0.2, 0.25) is 11.8 Å². The van der Waals surface area contributed by atoms with Crippen LogP contribution >= 0.6 is 11.3 Å². The average molecular weight is 469 g/mol. The molecule has 2 amide bonds. The molecule has 0 N–H and O–H groups in total. The summed E-state index contributed by atoms with van der Waals surface area (Å²) < 4.78 is 18.5. The van der Waals surface area contributed by atoms with Crippen LogP contribution in [0.15, 0.2) is 66.7 Å². The fraction of sp³-hybridized carbons (Fsp3) is 0.308. The summed E-state index contributed by atoms with van der Waals surface area (Å²) in [5, 5.41) is 0. The van der Waals surface area contributed by atoms with Gasteiger partial charge in [-0.3, -0.25) is 9.59 Å². The van der Waals surface area contributed by atoms with Crippen molar-refractivity contribution in [2.45, 2.75) is 26.4 Å². The number of amides is 2. The van der Waals surface area contributed by atoms with Crippen LogP contribution in [0.1, 0.15) is 20.9 Å². The van der Waals surface area contributed by atoms with Crippen LogP contribution in [-0.4, -0.2) is 48.4 Å². The number of aryl methyl sites for hydroxylation is 1. The Hall–Kier alpha value is -3.03. The summed E-state index contributed by atoms with van der Waals surface area (Å²) in [5.41, 5.74) is 1.73. The van der Waals surface area contributed by atoms with Gasteiger partial charge in [0.1, 0.15) is 5.82 Å². The molecule has 1 heterocycles. The van der Waals surface area contributed by atoms with E-state index in [1.807, 2.05) is 49.4 Å². The molecule has 3 aromatic rings. The van der Waals surface area contributed by atoms with Crippen LogP contribution in [0, 0.1) is 12.7 Å². The number of benzene rings is 2. The van der Waals surface area contributed by atoms with Crippen molar-refractivity contribution in [3.05, 3.63) is 93.4 Å². The van der Waals surface area contributed by atoms with Crippen LogP contribution < -0.4 is 0 Å². The lowest BCUT2D eigenvalue weighted by atomic mass is 10.1. The van der Waals surface area contributed by atoms with Gasteiger partial charge in [0.05, 0.1) is 26.1 Å². The number of halogens is 1. The predicted octanol–water partition coefficient (Wildman–Crippen LogP) is 4.44. The SMILES string of the molecule is COCCN(CC(=O)N(Cc1ccc(F)cc1)Cc1ccc(C)s1)C(=O)Cc1ccccc1. The summed E-state index contributed by atoms with van der Waals surface area (Å²) in [4.78, 5) is 31.9. The smallest absolute Gasteiger partial charge is 0.242 e. The highest BCUT2D eigenvalue weighted by atomic mass is 32.1. The molecule has 5 nitrogen and oxygen atoms in total. The third-order valence-electron chi connectivity index (χ3n) is 5.22. The lowest BCUT2D eigenvalue weighted by Crippen LogP contribution is -2.44. The Labute approximate surface area is 198 Å². The van der Waals surface area contributed by atoms with Crippen molar-refractivity contribution in [1.82, 2.24) is 9.80 Å². The van der Waals surface area contributed by atoms with E-state index in [1.165, 1.54) is 17.0 Å². The summed E-state index contributed by atoms with van der Waals surface area (Å²) in [6.45, 7) is 3.42. The van der Waals surface area contributed by atoms with Gasteiger partial charge in [-0.2, -0.15) is 0 Å². The number of carbonyl (C=O) groups excluding carboxylic acids is 2. The molecule has 0 aliphatic rings. The number of carbonyl (C=O) groups is 2. The molecule has 2 aromatic carbocycles. The minimum atomic E-state index is -0.317. The number of ether oxygens (including phenoxy) is 1. The van der Waals surface area contributed by atoms with Crippen molar-refractivity contribution in [3.8, 4) is 0 Å². The summed E-state index contributed by atoms with van der Waals surface area (Å²) in [5.74, 6) is -0.606. The maximum atomic E-state index is 13.4. The van der Waals surface area contributed by atoms with Gasteiger partial charge in [0.15, 0.2) is 0 Å². The highest BCUT2D eigenvalue weighted by Gasteiger charge is 2.22. The number of thiophene rings is 1. The van der Waals surface area contributed by atoms with Gasteiger partial charge >= 0.3 is 0 Å². The summed E-state index contributed by atoms with van der Waals surface area (Å²) in [6, 6.07) is 19.6. The molecule has 0 bridgehead atoms. The minimum absolute atomic E-state index is 0.0411. The summed E-state index contributed by atoms with van der Waals surface area (Å²) in [6.07, 6.45) is 0.222. The van der Waals surface area contributed by atoms with E-state index in [9.17, 15) is 14.0 Å². The zero-order valence-electron chi connectivity index (χ0n) is 19.0. The Balaban J connectivity index is 1.75. The molecule has 0 saturated heterocycles. The second kappa shape index (κ2) is 12.3. The first kappa shape index (κ1) is 24.6. The fourth-order valence-corrected chi connectivity index (χ4v) is 4.35. The first-order chi connectivity index (χ1) is 15.9. The first-order valence-corrected chi connectivity index (χ1v) is 11.6. The van der Waals surface area contributed by atoms with Gasteiger partial charge in [0.25, 0.3) is 0 Å². The van der Waals surface area contributed by atoms with E-state index in [-0.39, 0.29) is 30.6 Å². The highest BCUT2D eigenvalue weighted by Crippen LogP contribution is 2.19. The van der Waals surface area contributed by atoms with E-state index in [4.69, 9.17) is 4.74 Å². The van der Waals surface area contributed by atoms with Crippen LogP contribution in [-0.2, 0) is 33.8 Å². The Morgan fingerprint density at radius 3 is 2.24 bits per heavy atom. The number of rotatable bonds is 11.